The first-order chi connectivity index (χ1) is 12.6. The number of H-pyrrole nitrogens is 1. The number of benzene rings is 2. The molecule has 0 aliphatic carbocycles. The largest absolute Gasteiger partial charge is 0.420 e. The van der Waals surface area contributed by atoms with Gasteiger partial charge >= 0.3 is 5.76 Å². The standard InChI is InChI=1S/C20H19N3O3/c1-13(23-17-8-4-5-9-18(17)26-20(23)25)19(24)21-11-10-14-12-22-16-7-3-2-6-15(14)16/h2-9,12-13,22H,10-11H2,1H3,(H,21,24)/t13-/m0/s1. The van der Waals surface area contributed by atoms with Crippen LogP contribution in [0.15, 0.2) is 63.9 Å². The SMILES string of the molecule is C[C@@H](C(=O)NCCc1c[nH]c2ccccc12)n1c(=O)oc2ccccc21. The van der Waals surface area contributed by atoms with E-state index in [2.05, 4.69) is 16.4 Å². The highest BCUT2D eigenvalue weighted by molar-refractivity contribution is 5.84. The maximum Gasteiger partial charge on any atom is 0.420 e. The Kier molecular flexibility index (Phi) is 4.08. The molecule has 0 spiro atoms. The minimum absolute atomic E-state index is 0.210. The number of amides is 1. The molecule has 2 N–H and O–H groups in total. The molecule has 0 aliphatic rings. The van der Waals surface area contributed by atoms with E-state index in [1.54, 1.807) is 25.1 Å². The number of hydrogen-bond donors (Lipinski definition) is 2. The fourth-order valence-electron chi connectivity index (χ4n) is 3.27. The number of oxazole rings is 1. The van der Waals surface area contributed by atoms with Gasteiger partial charge in [0.2, 0.25) is 5.91 Å². The van der Waals surface area contributed by atoms with E-state index in [9.17, 15) is 9.59 Å². The molecule has 0 fully saturated rings. The van der Waals surface area contributed by atoms with E-state index in [1.165, 1.54) is 4.57 Å². The molecule has 26 heavy (non-hydrogen) atoms. The second-order valence-corrected chi connectivity index (χ2v) is 6.28. The summed E-state index contributed by atoms with van der Waals surface area (Å²) < 4.78 is 6.59. The summed E-state index contributed by atoms with van der Waals surface area (Å²) in [6, 6.07) is 14.5. The Morgan fingerprint density at radius 3 is 2.85 bits per heavy atom. The van der Waals surface area contributed by atoms with E-state index in [-0.39, 0.29) is 5.91 Å². The van der Waals surface area contributed by atoms with Crippen LogP contribution in [0.25, 0.3) is 22.0 Å². The average molecular weight is 349 g/mol. The van der Waals surface area contributed by atoms with Crippen LogP contribution in [-0.2, 0) is 11.2 Å². The van der Waals surface area contributed by atoms with Gasteiger partial charge in [-0.2, -0.15) is 0 Å². The topological polar surface area (TPSA) is 80.0 Å². The van der Waals surface area contributed by atoms with Crippen LogP contribution >= 0.6 is 0 Å². The number of para-hydroxylation sites is 3. The van der Waals surface area contributed by atoms with Crippen LogP contribution in [0, 0.1) is 0 Å². The third-order valence-electron chi connectivity index (χ3n) is 4.65. The molecule has 132 valence electrons. The van der Waals surface area contributed by atoms with Crippen LogP contribution in [0.3, 0.4) is 0 Å². The summed E-state index contributed by atoms with van der Waals surface area (Å²) in [5.74, 6) is -0.732. The van der Waals surface area contributed by atoms with Gasteiger partial charge in [-0.15, -0.1) is 0 Å². The summed E-state index contributed by atoms with van der Waals surface area (Å²) in [5, 5.41) is 4.07. The molecule has 0 saturated carbocycles. The number of aromatic nitrogens is 2. The third kappa shape index (κ3) is 2.79. The van der Waals surface area contributed by atoms with Crippen LogP contribution in [0.4, 0.5) is 0 Å². The average Bonchev–Trinajstić information content (AvgIpc) is 3.21. The van der Waals surface area contributed by atoms with Gasteiger partial charge in [-0.3, -0.25) is 9.36 Å². The quantitative estimate of drug-likeness (QED) is 0.581. The highest BCUT2D eigenvalue weighted by Gasteiger charge is 2.20. The lowest BCUT2D eigenvalue weighted by atomic mass is 10.1. The summed E-state index contributed by atoms with van der Waals surface area (Å²) in [5.41, 5.74) is 3.34. The lowest BCUT2D eigenvalue weighted by molar-refractivity contribution is -0.123. The second kappa shape index (κ2) is 6.55. The van der Waals surface area contributed by atoms with Crippen LogP contribution in [-0.4, -0.2) is 22.0 Å². The van der Waals surface area contributed by atoms with E-state index >= 15 is 0 Å². The van der Waals surface area contributed by atoms with Gasteiger partial charge in [0.15, 0.2) is 5.58 Å². The van der Waals surface area contributed by atoms with Crippen LogP contribution in [0.2, 0.25) is 0 Å². The molecule has 0 saturated heterocycles. The van der Waals surface area contributed by atoms with Crippen molar-refractivity contribution in [2.24, 2.45) is 0 Å². The fraction of sp³-hybridized carbons (Fsp3) is 0.200. The summed E-state index contributed by atoms with van der Waals surface area (Å²) >= 11 is 0. The van der Waals surface area contributed by atoms with Crippen molar-refractivity contribution in [2.45, 2.75) is 19.4 Å². The molecule has 4 aromatic rings. The number of hydrogen-bond acceptors (Lipinski definition) is 3. The maximum atomic E-state index is 12.5. The van der Waals surface area contributed by atoms with Gasteiger partial charge in [0.25, 0.3) is 0 Å². The van der Waals surface area contributed by atoms with Gasteiger partial charge in [-0.25, -0.2) is 4.79 Å². The third-order valence-corrected chi connectivity index (χ3v) is 4.65. The number of nitrogens with one attached hydrogen (secondary N) is 2. The first-order valence-electron chi connectivity index (χ1n) is 8.58. The molecule has 2 heterocycles. The summed E-state index contributed by atoms with van der Waals surface area (Å²) in [6.45, 7) is 2.19. The van der Waals surface area contributed by atoms with Gasteiger partial charge in [-0.1, -0.05) is 30.3 Å². The summed E-state index contributed by atoms with van der Waals surface area (Å²) in [4.78, 5) is 27.8. The van der Waals surface area contributed by atoms with Crippen LogP contribution < -0.4 is 11.1 Å². The Morgan fingerprint density at radius 2 is 1.96 bits per heavy atom. The van der Waals surface area contributed by atoms with Crippen molar-refractivity contribution >= 4 is 27.9 Å². The molecule has 6 nitrogen and oxygen atoms in total. The second-order valence-electron chi connectivity index (χ2n) is 6.28. The Bertz CT molecular complexity index is 1140. The van der Waals surface area contributed by atoms with Crippen molar-refractivity contribution in [1.29, 1.82) is 0 Å². The Balaban J connectivity index is 1.46. The monoisotopic (exact) mass is 349 g/mol. The Morgan fingerprint density at radius 1 is 1.19 bits per heavy atom. The molecule has 2 aromatic heterocycles. The van der Waals surface area contributed by atoms with Crippen LogP contribution in [0.1, 0.15) is 18.5 Å². The van der Waals surface area contributed by atoms with Crippen LogP contribution in [0.5, 0.6) is 0 Å². The number of carbonyl (C=O) groups is 1. The molecule has 1 atom stereocenters. The minimum Gasteiger partial charge on any atom is -0.408 e. The predicted molar refractivity (Wildman–Crippen MR) is 100 cm³/mol. The first kappa shape index (κ1) is 16.2. The van der Waals surface area contributed by atoms with E-state index < -0.39 is 11.8 Å². The molecular formula is C20H19N3O3. The Labute approximate surface area is 149 Å². The highest BCUT2D eigenvalue weighted by atomic mass is 16.4. The number of nitrogens with zero attached hydrogens (tertiary/aromatic N) is 1. The lowest BCUT2D eigenvalue weighted by Gasteiger charge is -2.13. The number of rotatable bonds is 5. The van der Waals surface area contributed by atoms with Crippen molar-refractivity contribution in [3.05, 3.63) is 70.8 Å². The summed E-state index contributed by atoms with van der Waals surface area (Å²) in [7, 11) is 0. The molecule has 2 aromatic carbocycles. The van der Waals surface area contributed by atoms with Crippen molar-refractivity contribution in [1.82, 2.24) is 14.9 Å². The zero-order valence-corrected chi connectivity index (χ0v) is 14.4. The molecule has 0 unspecified atom stereocenters. The molecule has 0 radical (unpaired) electrons. The predicted octanol–water partition coefficient (Wildman–Crippen LogP) is 3.00. The number of aromatic amines is 1. The zero-order chi connectivity index (χ0) is 18.1. The smallest absolute Gasteiger partial charge is 0.408 e. The van der Waals surface area contributed by atoms with E-state index in [0.717, 1.165) is 16.5 Å². The van der Waals surface area contributed by atoms with Gasteiger partial charge in [0.05, 0.1) is 5.52 Å². The van der Waals surface area contributed by atoms with Crippen molar-refractivity contribution in [3.63, 3.8) is 0 Å². The lowest BCUT2D eigenvalue weighted by Crippen LogP contribution is -2.35. The molecule has 0 bridgehead atoms. The number of fused-ring (bicyclic) bond motifs is 2. The van der Waals surface area contributed by atoms with E-state index in [0.29, 0.717) is 24.1 Å². The zero-order valence-electron chi connectivity index (χ0n) is 14.4. The molecule has 0 aliphatic heterocycles. The van der Waals surface area contributed by atoms with Crippen molar-refractivity contribution in [3.8, 4) is 0 Å². The first-order valence-corrected chi connectivity index (χ1v) is 8.58. The van der Waals surface area contributed by atoms with E-state index in [4.69, 9.17) is 4.42 Å². The molecular weight excluding hydrogens is 330 g/mol. The fourth-order valence-corrected chi connectivity index (χ4v) is 3.27. The number of carbonyl (C=O) groups excluding carboxylic acids is 1. The van der Waals surface area contributed by atoms with Gasteiger partial charge < -0.3 is 14.7 Å². The molecule has 4 rings (SSSR count). The molecule has 6 heteroatoms. The normalized spacial score (nSPS) is 12.5. The minimum atomic E-state index is -0.644. The van der Waals surface area contributed by atoms with Crippen molar-refractivity contribution < 1.29 is 9.21 Å². The Hall–Kier alpha value is -3.28. The van der Waals surface area contributed by atoms with Gasteiger partial charge in [0, 0.05) is 23.6 Å². The van der Waals surface area contributed by atoms with Crippen molar-refractivity contribution in [2.75, 3.05) is 6.54 Å². The van der Waals surface area contributed by atoms with Gasteiger partial charge in [-0.05, 0) is 37.1 Å². The summed E-state index contributed by atoms with van der Waals surface area (Å²) in [6.07, 6.45) is 2.68. The van der Waals surface area contributed by atoms with Gasteiger partial charge in [0.1, 0.15) is 6.04 Å². The van der Waals surface area contributed by atoms with E-state index in [1.807, 2.05) is 30.5 Å². The molecule has 1 amide bonds. The maximum absolute atomic E-state index is 12.5. The highest BCUT2D eigenvalue weighted by Crippen LogP contribution is 2.18.